The van der Waals surface area contributed by atoms with Crippen LogP contribution in [0.25, 0.3) is 0 Å². The van der Waals surface area contributed by atoms with Gasteiger partial charge in [0, 0.05) is 17.8 Å². The van der Waals surface area contributed by atoms with E-state index in [1.807, 2.05) is 6.92 Å². The molecule has 16 heavy (non-hydrogen) atoms. The lowest BCUT2D eigenvalue weighted by Gasteiger charge is -1.99. The van der Waals surface area contributed by atoms with Crippen molar-refractivity contribution in [1.82, 2.24) is 4.98 Å². The standard InChI is InChI=1S/C12H13NO3/c1-3-16-11-8-7-10(9-13-11)5-4-6-12(14)15-2/h7-9H,3,6H2,1-2H3. The van der Waals surface area contributed by atoms with Gasteiger partial charge >= 0.3 is 5.97 Å². The predicted octanol–water partition coefficient (Wildman–Crippen LogP) is 1.39. The number of carbonyl (C=O) groups is 1. The molecule has 1 rings (SSSR count). The summed E-state index contributed by atoms with van der Waals surface area (Å²) < 4.78 is 9.65. The second kappa shape index (κ2) is 6.46. The molecule has 4 nitrogen and oxygen atoms in total. The molecule has 1 heterocycles. The van der Waals surface area contributed by atoms with Gasteiger partial charge in [-0.3, -0.25) is 4.79 Å². The van der Waals surface area contributed by atoms with Crippen molar-refractivity contribution in [1.29, 1.82) is 0 Å². The third-order valence-corrected chi connectivity index (χ3v) is 1.72. The van der Waals surface area contributed by atoms with Crippen LogP contribution >= 0.6 is 0 Å². The lowest BCUT2D eigenvalue weighted by Crippen LogP contribution is -1.97. The molecule has 0 atom stereocenters. The van der Waals surface area contributed by atoms with Crippen molar-refractivity contribution in [2.75, 3.05) is 13.7 Å². The SMILES string of the molecule is CCOc1ccc(C#CCC(=O)OC)cn1. The zero-order valence-corrected chi connectivity index (χ0v) is 9.32. The number of methoxy groups -OCH3 is 1. The first-order valence-corrected chi connectivity index (χ1v) is 4.90. The lowest BCUT2D eigenvalue weighted by molar-refractivity contribution is -0.139. The Hall–Kier alpha value is -2.02. The summed E-state index contributed by atoms with van der Waals surface area (Å²) in [5.74, 6) is 5.74. The predicted molar refractivity (Wildman–Crippen MR) is 58.9 cm³/mol. The van der Waals surface area contributed by atoms with Gasteiger partial charge in [0.15, 0.2) is 0 Å². The molecule has 4 heteroatoms. The molecule has 84 valence electrons. The summed E-state index contributed by atoms with van der Waals surface area (Å²) in [6.07, 6.45) is 1.69. The lowest BCUT2D eigenvalue weighted by atomic mass is 10.3. The monoisotopic (exact) mass is 219 g/mol. The number of aromatic nitrogens is 1. The first kappa shape index (κ1) is 12.1. The topological polar surface area (TPSA) is 48.4 Å². The Balaban J connectivity index is 2.57. The number of carbonyl (C=O) groups excluding carboxylic acids is 1. The van der Waals surface area contributed by atoms with Crippen molar-refractivity contribution in [3.05, 3.63) is 23.9 Å². The highest BCUT2D eigenvalue weighted by atomic mass is 16.5. The largest absolute Gasteiger partial charge is 0.478 e. The number of esters is 1. The number of ether oxygens (including phenoxy) is 2. The van der Waals surface area contributed by atoms with Crippen LogP contribution in [-0.4, -0.2) is 24.7 Å². The molecule has 0 radical (unpaired) electrons. The molecule has 0 fully saturated rings. The quantitative estimate of drug-likeness (QED) is 0.569. The highest BCUT2D eigenvalue weighted by molar-refractivity contribution is 5.72. The molecule has 0 spiro atoms. The van der Waals surface area contributed by atoms with E-state index in [1.54, 1.807) is 18.3 Å². The fourth-order valence-electron chi connectivity index (χ4n) is 0.978. The van der Waals surface area contributed by atoms with E-state index in [9.17, 15) is 4.79 Å². The minimum atomic E-state index is -0.341. The first-order valence-electron chi connectivity index (χ1n) is 4.90. The van der Waals surface area contributed by atoms with Gasteiger partial charge in [0.25, 0.3) is 0 Å². The van der Waals surface area contributed by atoms with Gasteiger partial charge in [0.05, 0.1) is 13.7 Å². The van der Waals surface area contributed by atoms with E-state index in [-0.39, 0.29) is 12.4 Å². The van der Waals surface area contributed by atoms with Crippen LogP contribution in [0.5, 0.6) is 5.88 Å². The number of hydrogen-bond acceptors (Lipinski definition) is 4. The van der Waals surface area contributed by atoms with Crippen LogP contribution in [0.15, 0.2) is 18.3 Å². The van der Waals surface area contributed by atoms with Gasteiger partial charge in [-0.1, -0.05) is 11.8 Å². The van der Waals surface area contributed by atoms with Gasteiger partial charge in [-0.15, -0.1) is 0 Å². The summed E-state index contributed by atoms with van der Waals surface area (Å²) >= 11 is 0. The molecular weight excluding hydrogens is 206 g/mol. The Labute approximate surface area is 94.6 Å². The Kier molecular flexibility index (Phi) is 4.87. The van der Waals surface area contributed by atoms with Gasteiger partial charge in [0.2, 0.25) is 5.88 Å². The zero-order valence-electron chi connectivity index (χ0n) is 9.32. The van der Waals surface area contributed by atoms with E-state index in [1.165, 1.54) is 7.11 Å². The summed E-state index contributed by atoms with van der Waals surface area (Å²) in [4.78, 5) is 14.8. The Bertz CT molecular complexity index is 401. The van der Waals surface area contributed by atoms with Crippen LogP contribution in [-0.2, 0) is 9.53 Å². The summed E-state index contributed by atoms with van der Waals surface area (Å²) in [5, 5.41) is 0. The molecule has 0 saturated heterocycles. The fraction of sp³-hybridized carbons (Fsp3) is 0.333. The molecule has 0 aliphatic heterocycles. The summed E-state index contributed by atoms with van der Waals surface area (Å²) in [5.41, 5.74) is 0.743. The van der Waals surface area contributed by atoms with E-state index in [4.69, 9.17) is 4.74 Å². The minimum Gasteiger partial charge on any atom is -0.478 e. The number of hydrogen-bond donors (Lipinski definition) is 0. The van der Waals surface area contributed by atoms with Gasteiger partial charge in [-0.05, 0) is 13.0 Å². The molecule has 0 aliphatic carbocycles. The third-order valence-electron chi connectivity index (χ3n) is 1.72. The molecular formula is C12H13NO3. The second-order valence-electron chi connectivity index (χ2n) is 2.87. The molecule has 0 aliphatic rings. The van der Waals surface area contributed by atoms with E-state index in [0.717, 1.165) is 5.56 Å². The van der Waals surface area contributed by atoms with Crippen molar-refractivity contribution in [2.24, 2.45) is 0 Å². The van der Waals surface area contributed by atoms with Gasteiger partial charge < -0.3 is 9.47 Å². The maximum atomic E-state index is 10.8. The minimum absolute atomic E-state index is 0.0870. The number of nitrogens with zero attached hydrogens (tertiary/aromatic N) is 1. The van der Waals surface area contributed by atoms with Crippen molar-refractivity contribution >= 4 is 5.97 Å². The fourth-order valence-corrected chi connectivity index (χ4v) is 0.978. The summed E-state index contributed by atoms with van der Waals surface area (Å²) in [7, 11) is 1.34. The van der Waals surface area contributed by atoms with E-state index >= 15 is 0 Å². The summed E-state index contributed by atoms with van der Waals surface area (Å²) in [6.45, 7) is 2.48. The van der Waals surface area contributed by atoms with Gasteiger partial charge in [-0.25, -0.2) is 4.98 Å². The van der Waals surface area contributed by atoms with Crippen LogP contribution in [0, 0.1) is 11.8 Å². The van der Waals surface area contributed by atoms with Gasteiger partial charge in [0.1, 0.15) is 6.42 Å². The third kappa shape index (κ3) is 4.01. The average Bonchev–Trinajstić information content (AvgIpc) is 2.31. The van der Waals surface area contributed by atoms with Crippen molar-refractivity contribution in [3.8, 4) is 17.7 Å². The van der Waals surface area contributed by atoms with Crippen LogP contribution in [0.1, 0.15) is 18.9 Å². The van der Waals surface area contributed by atoms with E-state index in [0.29, 0.717) is 12.5 Å². The average molecular weight is 219 g/mol. The molecule has 1 aromatic rings. The highest BCUT2D eigenvalue weighted by Gasteiger charge is 1.95. The molecule has 0 saturated carbocycles. The van der Waals surface area contributed by atoms with Crippen molar-refractivity contribution in [3.63, 3.8) is 0 Å². The van der Waals surface area contributed by atoms with E-state index in [2.05, 4.69) is 21.6 Å². The van der Waals surface area contributed by atoms with E-state index < -0.39 is 0 Å². The van der Waals surface area contributed by atoms with Crippen LogP contribution < -0.4 is 4.74 Å². The number of pyridine rings is 1. The molecule has 1 aromatic heterocycles. The first-order chi connectivity index (χ1) is 7.76. The van der Waals surface area contributed by atoms with Crippen LogP contribution in [0.2, 0.25) is 0 Å². The Morgan fingerprint density at radius 1 is 1.50 bits per heavy atom. The zero-order chi connectivity index (χ0) is 11.8. The molecule has 0 unspecified atom stereocenters. The molecule has 0 bridgehead atoms. The smallest absolute Gasteiger partial charge is 0.317 e. The van der Waals surface area contributed by atoms with Gasteiger partial charge in [-0.2, -0.15) is 0 Å². The second-order valence-corrected chi connectivity index (χ2v) is 2.87. The molecule has 0 N–H and O–H groups in total. The normalized spacial score (nSPS) is 8.88. The Morgan fingerprint density at radius 2 is 2.31 bits per heavy atom. The van der Waals surface area contributed by atoms with Crippen molar-refractivity contribution < 1.29 is 14.3 Å². The summed E-state index contributed by atoms with van der Waals surface area (Å²) in [6, 6.07) is 3.54. The highest BCUT2D eigenvalue weighted by Crippen LogP contribution is 2.06. The van der Waals surface area contributed by atoms with Crippen LogP contribution in [0.3, 0.4) is 0 Å². The number of rotatable bonds is 3. The Morgan fingerprint density at radius 3 is 2.88 bits per heavy atom. The maximum absolute atomic E-state index is 10.8. The molecule has 0 aromatic carbocycles. The maximum Gasteiger partial charge on any atom is 0.317 e. The van der Waals surface area contributed by atoms with Crippen LogP contribution in [0.4, 0.5) is 0 Å². The molecule has 0 amide bonds. The van der Waals surface area contributed by atoms with Crippen molar-refractivity contribution in [2.45, 2.75) is 13.3 Å².